The highest BCUT2D eigenvalue weighted by Gasteiger charge is 2.41. The molecule has 2 aromatic heterocycles. The molecule has 1 N–H and O–H groups in total. The number of aryl methyl sites for hydroxylation is 1. The molecule has 4 aromatic rings. The van der Waals surface area contributed by atoms with Gasteiger partial charge in [-0.05, 0) is 31.4 Å². The van der Waals surface area contributed by atoms with E-state index in [0.717, 1.165) is 31.1 Å². The number of methoxy groups -OCH3 is 2. The summed E-state index contributed by atoms with van der Waals surface area (Å²) < 4.78 is 24.7. The van der Waals surface area contributed by atoms with Crippen LogP contribution in [0.2, 0.25) is 0 Å². The van der Waals surface area contributed by atoms with Gasteiger partial charge in [-0.25, -0.2) is 9.59 Å². The number of nitrogens with zero attached hydrogens (tertiary/aromatic N) is 1. The van der Waals surface area contributed by atoms with Crippen LogP contribution in [-0.2, 0) is 33.3 Å². The molecule has 2 unspecified atom stereocenters. The van der Waals surface area contributed by atoms with Crippen molar-refractivity contribution in [1.82, 2.24) is 4.57 Å². The molecule has 8 nitrogen and oxygen atoms in total. The first-order chi connectivity index (χ1) is 19.0. The molecule has 0 aliphatic carbocycles. The SMILES string of the molecule is CCOC(=O)c1c2c(cn1CCl)c1c([s+]2-c2ccc(OC)c(OC)c2)NC(C(=O)OCc2ccccc2)CC1. The Morgan fingerprint density at radius 1 is 1.08 bits per heavy atom. The number of ether oxygens (including phenoxy) is 4. The van der Waals surface area contributed by atoms with Crippen molar-refractivity contribution in [2.75, 3.05) is 26.1 Å². The summed E-state index contributed by atoms with van der Waals surface area (Å²) in [5.41, 5.74) is 2.40. The number of benzene rings is 2. The zero-order chi connectivity index (χ0) is 27.5. The predicted molar refractivity (Wildman–Crippen MR) is 153 cm³/mol. The van der Waals surface area contributed by atoms with Crippen LogP contribution < -0.4 is 14.8 Å². The average Bonchev–Trinajstić information content (AvgIpc) is 3.50. The predicted octanol–water partition coefficient (Wildman–Crippen LogP) is 6.24. The van der Waals surface area contributed by atoms with Gasteiger partial charge in [0.1, 0.15) is 12.6 Å². The number of rotatable bonds is 9. The lowest BCUT2D eigenvalue weighted by Gasteiger charge is -2.21. The maximum absolute atomic E-state index is 13.2. The minimum atomic E-state index is -0.753. The topological polar surface area (TPSA) is 88.0 Å². The van der Waals surface area contributed by atoms with Gasteiger partial charge in [-0.3, -0.25) is 0 Å². The third-order valence-corrected chi connectivity index (χ3v) is 9.30. The zero-order valence-electron chi connectivity index (χ0n) is 22.0. The third kappa shape index (κ3) is 5.04. The van der Waals surface area contributed by atoms with Crippen LogP contribution in [-0.4, -0.2) is 43.4 Å². The molecule has 0 amide bonds. The number of fused-ring (bicyclic) bond motifs is 3. The zero-order valence-corrected chi connectivity index (χ0v) is 23.6. The fraction of sp³-hybridized carbons (Fsp3) is 0.310. The number of carbonyl (C=O) groups is 2. The number of halogens is 1. The summed E-state index contributed by atoms with van der Waals surface area (Å²) in [5, 5.41) is 5.32. The molecule has 2 atom stereocenters. The van der Waals surface area contributed by atoms with Gasteiger partial charge in [0.25, 0.3) is 5.00 Å². The van der Waals surface area contributed by atoms with E-state index in [0.29, 0.717) is 30.0 Å². The number of alkyl halides is 1. The summed E-state index contributed by atoms with van der Waals surface area (Å²) in [6.45, 7) is 2.22. The Balaban J connectivity index is 1.61. The van der Waals surface area contributed by atoms with Gasteiger partial charge in [0.15, 0.2) is 22.1 Å². The van der Waals surface area contributed by atoms with Crippen LogP contribution in [0.5, 0.6) is 11.5 Å². The quantitative estimate of drug-likeness (QED) is 0.145. The van der Waals surface area contributed by atoms with Gasteiger partial charge in [-0.15, -0.1) is 11.6 Å². The first-order valence-electron chi connectivity index (χ1n) is 12.6. The van der Waals surface area contributed by atoms with Crippen molar-refractivity contribution in [2.45, 2.75) is 38.4 Å². The number of hydrogen-bond donors (Lipinski definition) is 1. The standard InChI is InChI=1S/C29H30ClN2O6S/c1-4-37-29(34)25-26-21(15-32(25)17-30)20-11-12-22(28(33)38-16-18-8-6-5-7-9-18)31-27(20)39(26)19-10-13-23(35-2)24(14-19)36-3/h5-10,13-15,22,31H,4,11-12,16-17H2,1-3H3/q+1. The summed E-state index contributed by atoms with van der Waals surface area (Å²) in [4.78, 5) is 27.2. The molecule has 0 saturated heterocycles. The Hall–Kier alpha value is -3.69. The molecule has 0 spiro atoms. The lowest BCUT2D eigenvalue weighted by Crippen LogP contribution is -2.34. The summed E-state index contributed by atoms with van der Waals surface area (Å²) in [7, 11) is 2.42. The fourth-order valence-corrected chi connectivity index (χ4v) is 7.71. The first kappa shape index (κ1) is 26.9. The van der Waals surface area contributed by atoms with E-state index in [1.165, 1.54) is 0 Å². The van der Waals surface area contributed by atoms with Gasteiger partial charge in [0.05, 0.1) is 42.7 Å². The first-order valence-corrected chi connectivity index (χ1v) is 14.4. The molecule has 5 rings (SSSR count). The summed E-state index contributed by atoms with van der Waals surface area (Å²) in [6.07, 6.45) is 3.12. The number of aromatic nitrogens is 1. The van der Waals surface area contributed by atoms with Crippen molar-refractivity contribution in [3.8, 4) is 16.4 Å². The minimum absolute atomic E-state index is 0.106. The van der Waals surface area contributed by atoms with E-state index in [9.17, 15) is 9.59 Å². The maximum atomic E-state index is 13.2. The molecular weight excluding hydrogens is 540 g/mol. The Kier molecular flexibility index (Phi) is 7.99. The number of thiophene rings is 1. The minimum Gasteiger partial charge on any atom is -0.493 e. The highest BCUT2D eigenvalue weighted by Crippen LogP contribution is 2.55. The van der Waals surface area contributed by atoms with Crippen LogP contribution in [0.4, 0.5) is 5.00 Å². The second-order valence-electron chi connectivity index (χ2n) is 8.99. The lowest BCUT2D eigenvalue weighted by molar-refractivity contribution is -0.146. The van der Waals surface area contributed by atoms with Gasteiger partial charge in [0.2, 0.25) is 4.70 Å². The lowest BCUT2D eigenvalue weighted by atomic mass is 10.0. The van der Waals surface area contributed by atoms with Gasteiger partial charge >= 0.3 is 11.9 Å². The van der Waals surface area contributed by atoms with Gasteiger partial charge in [0, 0.05) is 23.9 Å². The van der Waals surface area contributed by atoms with Crippen molar-refractivity contribution in [2.24, 2.45) is 0 Å². The van der Waals surface area contributed by atoms with Gasteiger partial charge in [-0.1, -0.05) is 30.3 Å². The van der Waals surface area contributed by atoms with Crippen molar-refractivity contribution < 1.29 is 28.5 Å². The Bertz CT molecular complexity index is 1510. The van der Waals surface area contributed by atoms with Crippen molar-refractivity contribution in [3.05, 3.63) is 71.5 Å². The summed E-state index contributed by atoms with van der Waals surface area (Å²) in [5.74, 6) is 0.425. The van der Waals surface area contributed by atoms with Crippen LogP contribution >= 0.6 is 22.1 Å². The number of nitrogens with one attached hydrogen (secondary N) is 1. The van der Waals surface area contributed by atoms with Gasteiger partial charge in [-0.2, -0.15) is 0 Å². The van der Waals surface area contributed by atoms with E-state index >= 15 is 0 Å². The van der Waals surface area contributed by atoms with E-state index in [4.69, 9.17) is 30.5 Å². The van der Waals surface area contributed by atoms with E-state index < -0.39 is 22.5 Å². The molecule has 10 heteroatoms. The van der Waals surface area contributed by atoms with E-state index in [-0.39, 0.29) is 25.2 Å². The van der Waals surface area contributed by atoms with Gasteiger partial charge < -0.3 is 28.8 Å². The molecule has 2 aromatic carbocycles. The van der Waals surface area contributed by atoms with Crippen LogP contribution in [0.3, 0.4) is 0 Å². The van der Waals surface area contributed by atoms with E-state index in [2.05, 4.69) is 5.32 Å². The third-order valence-electron chi connectivity index (χ3n) is 6.72. The number of esters is 2. The molecule has 0 radical (unpaired) electrons. The Labute approximate surface area is 234 Å². The second-order valence-corrected chi connectivity index (χ2v) is 11.1. The normalized spacial score (nSPS) is 14.9. The van der Waals surface area contributed by atoms with E-state index in [1.807, 2.05) is 54.7 Å². The summed E-state index contributed by atoms with van der Waals surface area (Å²) in [6, 6.07) is 14.9. The molecule has 204 valence electrons. The molecular formula is C29H30ClN2O6S+. The number of carbonyl (C=O) groups excluding carboxylic acids is 2. The molecule has 39 heavy (non-hydrogen) atoms. The molecule has 1 aliphatic heterocycles. The van der Waals surface area contributed by atoms with E-state index in [1.54, 1.807) is 25.7 Å². The molecule has 0 saturated carbocycles. The summed E-state index contributed by atoms with van der Waals surface area (Å²) >= 11 is 6.28. The number of anilines is 1. The number of hydrogen-bond acceptors (Lipinski definition) is 7. The second kappa shape index (κ2) is 11.6. The van der Waals surface area contributed by atoms with Crippen molar-refractivity contribution in [1.29, 1.82) is 0 Å². The Morgan fingerprint density at radius 3 is 2.54 bits per heavy atom. The van der Waals surface area contributed by atoms with Crippen LogP contribution in [0.15, 0.2) is 54.7 Å². The van der Waals surface area contributed by atoms with Crippen molar-refractivity contribution >= 4 is 49.1 Å². The maximum Gasteiger partial charge on any atom is 0.360 e. The molecule has 1 aliphatic rings. The molecule has 0 bridgehead atoms. The van der Waals surface area contributed by atoms with Crippen molar-refractivity contribution in [3.63, 3.8) is 0 Å². The highest BCUT2D eigenvalue weighted by atomic mass is 35.5. The Morgan fingerprint density at radius 2 is 1.85 bits per heavy atom. The largest absolute Gasteiger partial charge is 0.493 e. The van der Waals surface area contributed by atoms with Crippen LogP contribution in [0.1, 0.15) is 35.0 Å². The monoisotopic (exact) mass is 569 g/mol. The average molecular weight is 570 g/mol. The molecule has 3 heterocycles. The smallest absolute Gasteiger partial charge is 0.360 e. The molecule has 0 fully saturated rings. The van der Waals surface area contributed by atoms with Crippen LogP contribution in [0, 0.1) is 0 Å². The fourth-order valence-electron chi connectivity index (χ4n) is 4.91. The highest BCUT2D eigenvalue weighted by molar-refractivity contribution is 7.48. The van der Waals surface area contributed by atoms with Crippen LogP contribution in [0.25, 0.3) is 15.0 Å².